The van der Waals surface area contributed by atoms with Crippen LogP contribution in [-0.4, -0.2) is 21.4 Å². The Morgan fingerprint density at radius 3 is 2.78 bits per heavy atom. The topological polar surface area (TPSA) is 42.2 Å². The predicted octanol–water partition coefficient (Wildman–Crippen LogP) is 4.18. The van der Waals surface area contributed by atoms with Crippen molar-refractivity contribution in [3.8, 4) is 0 Å². The van der Waals surface area contributed by atoms with Crippen LogP contribution >= 0.6 is 11.8 Å². The highest BCUT2D eigenvalue weighted by Crippen LogP contribution is 2.34. The summed E-state index contributed by atoms with van der Waals surface area (Å²) >= 11 is 1.97. The lowest BCUT2D eigenvalue weighted by Gasteiger charge is -2.16. The van der Waals surface area contributed by atoms with Crippen molar-refractivity contribution < 1.29 is 9.90 Å². The average molecular weight is 323 g/mol. The molecule has 0 bridgehead atoms. The molecule has 3 nitrogen and oxygen atoms in total. The van der Waals surface area contributed by atoms with E-state index in [1.807, 2.05) is 23.9 Å². The third kappa shape index (κ3) is 2.43. The number of hydrogen-bond donors (Lipinski definition) is 1. The zero-order valence-electron chi connectivity index (χ0n) is 12.7. The highest BCUT2D eigenvalue weighted by molar-refractivity contribution is 7.98. The van der Waals surface area contributed by atoms with E-state index in [2.05, 4.69) is 28.8 Å². The van der Waals surface area contributed by atoms with Gasteiger partial charge in [0.15, 0.2) is 0 Å². The van der Waals surface area contributed by atoms with E-state index in [1.54, 1.807) is 12.1 Å². The molecule has 0 amide bonds. The van der Waals surface area contributed by atoms with Crippen LogP contribution in [0, 0.1) is 0 Å². The first kappa shape index (κ1) is 14.4. The number of rotatable bonds is 3. The number of carboxylic acids is 1. The summed E-state index contributed by atoms with van der Waals surface area (Å²) in [5.74, 6) is 1.31. The minimum atomic E-state index is -0.860. The highest BCUT2D eigenvalue weighted by Gasteiger charge is 2.21. The maximum absolute atomic E-state index is 11.5. The molecule has 0 saturated carbocycles. The molecule has 0 spiro atoms. The number of thioether (sulfide) groups is 1. The van der Waals surface area contributed by atoms with Crippen LogP contribution in [0.5, 0.6) is 0 Å². The van der Waals surface area contributed by atoms with Crippen LogP contribution in [-0.2, 0) is 18.7 Å². The first-order valence-electron chi connectivity index (χ1n) is 7.73. The van der Waals surface area contributed by atoms with Crippen molar-refractivity contribution in [1.29, 1.82) is 0 Å². The van der Waals surface area contributed by atoms with Crippen molar-refractivity contribution in [3.05, 3.63) is 70.9 Å². The number of nitrogens with zero attached hydrogens (tertiary/aromatic N) is 1. The molecule has 0 saturated heterocycles. The molecule has 4 heteroatoms. The van der Waals surface area contributed by atoms with Crippen molar-refractivity contribution in [2.24, 2.45) is 0 Å². The lowest BCUT2D eigenvalue weighted by molar-refractivity contribution is 0.0695. The van der Waals surface area contributed by atoms with Gasteiger partial charge < -0.3 is 9.67 Å². The van der Waals surface area contributed by atoms with Crippen molar-refractivity contribution in [3.63, 3.8) is 0 Å². The zero-order chi connectivity index (χ0) is 15.8. The van der Waals surface area contributed by atoms with Crippen LogP contribution in [0.1, 0.15) is 27.2 Å². The summed E-state index contributed by atoms with van der Waals surface area (Å²) in [6, 6.07) is 15.8. The summed E-state index contributed by atoms with van der Waals surface area (Å²) in [6.07, 6.45) is 1.05. The lowest BCUT2D eigenvalue weighted by atomic mass is 10.1. The van der Waals surface area contributed by atoms with E-state index < -0.39 is 5.97 Å². The van der Waals surface area contributed by atoms with Gasteiger partial charge in [-0.05, 0) is 35.4 Å². The quantitative estimate of drug-likeness (QED) is 0.786. The van der Waals surface area contributed by atoms with Crippen LogP contribution in [0.25, 0.3) is 10.9 Å². The SMILES string of the molecule is O=C(O)c1ccccc1Cn1c2c(c3ccccc31)CSCC2. The minimum Gasteiger partial charge on any atom is -0.478 e. The second-order valence-electron chi connectivity index (χ2n) is 5.79. The van der Waals surface area contributed by atoms with Gasteiger partial charge in [0.1, 0.15) is 0 Å². The van der Waals surface area contributed by atoms with Gasteiger partial charge in [0.25, 0.3) is 0 Å². The summed E-state index contributed by atoms with van der Waals surface area (Å²) in [5, 5.41) is 10.7. The summed E-state index contributed by atoms with van der Waals surface area (Å²) in [5.41, 5.74) is 5.25. The molecule has 0 aliphatic carbocycles. The number of aromatic nitrogens is 1. The molecule has 1 N–H and O–H groups in total. The second kappa shape index (κ2) is 5.78. The Labute approximate surface area is 138 Å². The monoisotopic (exact) mass is 323 g/mol. The molecule has 3 aromatic rings. The van der Waals surface area contributed by atoms with Crippen LogP contribution in [0.3, 0.4) is 0 Å². The maximum atomic E-state index is 11.5. The molecule has 0 atom stereocenters. The van der Waals surface area contributed by atoms with Gasteiger partial charge in [0.2, 0.25) is 0 Å². The Morgan fingerprint density at radius 1 is 1.13 bits per heavy atom. The Morgan fingerprint density at radius 2 is 1.91 bits per heavy atom. The van der Waals surface area contributed by atoms with Gasteiger partial charge in [-0.2, -0.15) is 11.8 Å². The Balaban J connectivity index is 1.89. The van der Waals surface area contributed by atoms with Crippen molar-refractivity contribution in [2.45, 2.75) is 18.7 Å². The predicted molar refractivity (Wildman–Crippen MR) is 94.3 cm³/mol. The van der Waals surface area contributed by atoms with Gasteiger partial charge >= 0.3 is 5.97 Å². The number of para-hydroxylation sites is 1. The minimum absolute atomic E-state index is 0.393. The van der Waals surface area contributed by atoms with E-state index in [0.717, 1.165) is 23.5 Å². The molecule has 0 radical (unpaired) electrons. The van der Waals surface area contributed by atoms with Gasteiger partial charge in [0, 0.05) is 28.9 Å². The fourth-order valence-corrected chi connectivity index (χ4v) is 4.44. The summed E-state index contributed by atoms with van der Waals surface area (Å²) in [6.45, 7) is 0.614. The fourth-order valence-electron chi connectivity index (χ4n) is 3.44. The van der Waals surface area contributed by atoms with E-state index in [0.29, 0.717) is 12.1 Å². The van der Waals surface area contributed by atoms with E-state index in [1.165, 1.54) is 22.2 Å². The normalized spacial score (nSPS) is 13.9. The van der Waals surface area contributed by atoms with E-state index in [9.17, 15) is 9.90 Å². The van der Waals surface area contributed by atoms with Crippen LogP contribution in [0.2, 0.25) is 0 Å². The van der Waals surface area contributed by atoms with Crippen LogP contribution < -0.4 is 0 Å². The van der Waals surface area contributed by atoms with E-state index in [-0.39, 0.29) is 0 Å². The largest absolute Gasteiger partial charge is 0.478 e. The number of carboxylic acid groups (broad SMARTS) is 1. The molecule has 0 fully saturated rings. The van der Waals surface area contributed by atoms with Gasteiger partial charge in [-0.1, -0.05) is 36.4 Å². The first-order valence-corrected chi connectivity index (χ1v) is 8.89. The summed E-state index contributed by atoms with van der Waals surface area (Å²) < 4.78 is 2.31. The number of fused-ring (bicyclic) bond motifs is 3. The molecule has 23 heavy (non-hydrogen) atoms. The van der Waals surface area contributed by atoms with Crippen LogP contribution in [0.15, 0.2) is 48.5 Å². The van der Waals surface area contributed by atoms with Gasteiger partial charge in [0.05, 0.1) is 5.56 Å². The van der Waals surface area contributed by atoms with Crippen molar-refractivity contribution in [2.75, 3.05) is 5.75 Å². The first-order chi connectivity index (χ1) is 11.3. The van der Waals surface area contributed by atoms with E-state index in [4.69, 9.17) is 0 Å². The van der Waals surface area contributed by atoms with Gasteiger partial charge in [-0.15, -0.1) is 0 Å². The van der Waals surface area contributed by atoms with Crippen molar-refractivity contribution >= 4 is 28.6 Å². The highest BCUT2D eigenvalue weighted by atomic mass is 32.2. The molecule has 1 aliphatic heterocycles. The van der Waals surface area contributed by atoms with Crippen molar-refractivity contribution in [1.82, 2.24) is 4.57 Å². The standard InChI is InChI=1S/C19H17NO2S/c21-19(22)14-6-2-1-5-13(14)11-20-17-8-4-3-7-15(17)16-12-23-10-9-18(16)20/h1-8H,9-12H2,(H,21,22). The third-order valence-electron chi connectivity index (χ3n) is 4.50. The van der Waals surface area contributed by atoms with Crippen LogP contribution in [0.4, 0.5) is 0 Å². The molecular formula is C19H17NO2S. The number of benzene rings is 2. The Hall–Kier alpha value is -2.20. The molecule has 2 heterocycles. The Bertz CT molecular complexity index is 898. The van der Waals surface area contributed by atoms with Gasteiger partial charge in [-0.3, -0.25) is 0 Å². The molecule has 116 valence electrons. The zero-order valence-corrected chi connectivity index (χ0v) is 13.5. The van der Waals surface area contributed by atoms with E-state index >= 15 is 0 Å². The summed E-state index contributed by atoms with van der Waals surface area (Å²) in [4.78, 5) is 11.5. The molecular weight excluding hydrogens is 306 g/mol. The number of hydrogen-bond acceptors (Lipinski definition) is 2. The summed E-state index contributed by atoms with van der Waals surface area (Å²) in [7, 11) is 0. The molecule has 0 unspecified atom stereocenters. The maximum Gasteiger partial charge on any atom is 0.336 e. The molecule has 1 aromatic heterocycles. The number of carbonyl (C=O) groups is 1. The molecule has 2 aromatic carbocycles. The number of aromatic carboxylic acids is 1. The molecule has 1 aliphatic rings. The molecule has 4 rings (SSSR count). The average Bonchev–Trinajstić information content (AvgIpc) is 2.90. The lowest BCUT2D eigenvalue weighted by Crippen LogP contribution is -2.12. The van der Waals surface area contributed by atoms with Gasteiger partial charge in [-0.25, -0.2) is 4.79 Å². The third-order valence-corrected chi connectivity index (χ3v) is 5.49. The Kier molecular flexibility index (Phi) is 3.62. The fraction of sp³-hybridized carbons (Fsp3) is 0.211. The second-order valence-corrected chi connectivity index (χ2v) is 6.90. The smallest absolute Gasteiger partial charge is 0.336 e.